The predicted octanol–water partition coefficient (Wildman–Crippen LogP) is 4.38. The Balaban J connectivity index is 1.33. The highest BCUT2D eigenvalue weighted by atomic mass is 32.1. The van der Waals surface area contributed by atoms with E-state index in [1.807, 2.05) is 18.0 Å². The number of benzene rings is 2. The number of rotatable bonds is 5. The first-order valence-corrected chi connectivity index (χ1v) is 14.5. The number of thiazole rings is 1. The Morgan fingerprint density at radius 2 is 1.93 bits per heavy atom. The minimum absolute atomic E-state index is 0.0544. The highest BCUT2D eigenvalue weighted by Crippen LogP contribution is 2.39. The van der Waals surface area contributed by atoms with Crippen LogP contribution in [0.25, 0.3) is 32.2 Å². The zero-order chi connectivity index (χ0) is 27.5. The molecule has 2 aromatic carbocycles. The number of nitrogens with two attached hydrogens (primary N) is 1. The van der Waals surface area contributed by atoms with Crippen molar-refractivity contribution in [2.45, 2.75) is 37.5 Å². The van der Waals surface area contributed by atoms with E-state index >= 15 is 4.39 Å². The minimum Gasteiger partial charge on any atom is -0.462 e. The number of likely N-dealkylation sites (tertiary alicyclic amines) is 1. The first kappa shape index (κ1) is 25.7. The van der Waals surface area contributed by atoms with Gasteiger partial charge < -0.3 is 20.7 Å². The smallest absolute Gasteiger partial charge is 0.319 e. The van der Waals surface area contributed by atoms with E-state index in [2.05, 4.69) is 20.2 Å². The molecular formula is C28H30F3N7OS. The van der Waals surface area contributed by atoms with E-state index in [1.54, 1.807) is 6.07 Å². The van der Waals surface area contributed by atoms with Gasteiger partial charge in [0.1, 0.15) is 29.9 Å². The zero-order valence-electron chi connectivity index (χ0n) is 22.0. The molecular weight excluding hydrogens is 539 g/mol. The van der Waals surface area contributed by atoms with Gasteiger partial charge in [-0.15, -0.1) is 0 Å². The van der Waals surface area contributed by atoms with Gasteiger partial charge in [-0.25, -0.2) is 18.2 Å². The Morgan fingerprint density at radius 3 is 2.75 bits per heavy atom. The van der Waals surface area contributed by atoms with E-state index in [0.29, 0.717) is 47.2 Å². The molecule has 3 fully saturated rings. The molecule has 3 aliphatic rings. The van der Waals surface area contributed by atoms with Gasteiger partial charge in [0.2, 0.25) is 0 Å². The van der Waals surface area contributed by atoms with E-state index in [0.717, 1.165) is 43.8 Å². The third kappa shape index (κ3) is 4.51. The number of alkyl halides is 1. The predicted molar refractivity (Wildman–Crippen MR) is 151 cm³/mol. The monoisotopic (exact) mass is 569 g/mol. The highest BCUT2D eigenvalue weighted by Gasteiger charge is 2.33. The molecule has 4 aromatic rings. The quantitative estimate of drug-likeness (QED) is 0.366. The molecule has 0 spiro atoms. The van der Waals surface area contributed by atoms with Crippen molar-refractivity contribution in [2.75, 3.05) is 50.5 Å². The van der Waals surface area contributed by atoms with Crippen molar-refractivity contribution < 1.29 is 17.9 Å². The van der Waals surface area contributed by atoms with Gasteiger partial charge in [0.05, 0.1) is 10.2 Å². The molecule has 210 valence electrons. The molecule has 3 N–H and O–H groups in total. The van der Waals surface area contributed by atoms with Crippen LogP contribution in [0.15, 0.2) is 24.3 Å². The first-order chi connectivity index (χ1) is 19.3. The van der Waals surface area contributed by atoms with Crippen LogP contribution in [0.4, 0.5) is 24.1 Å². The number of hydrogen-bond acceptors (Lipinski definition) is 9. The van der Waals surface area contributed by atoms with Crippen LogP contribution in [0.1, 0.15) is 19.3 Å². The number of ether oxygens (including phenoxy) is 1. The van der Waals surface area contributed by atoms with Gasteiger partial charge in [0, 0.05) is 48.2 Å². The topological polar surface area (TPSA) is 92.4 Å². The van der Waals surface area contributed by atoms with Crippen LogP contribution < -0.4 is 20.7 Å². The maximum Gasteiger partial charge on any atom is 0.319 e. The second-order valence-electron chi connectivity index (χ2n) is 11.2. The number of halogens is 3. The summed E-state index contributed by atoms with van der Waals surface area (Å²) in [5.74, 6) is 0.206. The number of nitrogens with zero attached hydrogens (tertiary/aromatic N) is 5. The molecule has 2 aromatic heterocycles. The summed E-state index contributed by atoms with van der Waals surface area (Å²) < 4.78 is 51.1. The summed E-state index contributed by atoms with van der Waals surface area (Å²) in [5.41, 5.74) is 6.97. The van der Waals surface area contributed by atoms with E-state index in [9.17, 15) is 8.78 Å². The normalized spacial score (nSPS) is 25.2. The van der Waals surface area contributed by atoms with Crippen molar-refractivity contribution in [1.82, 2.24) is 25.2 Å². The molecule has 40 heavy (non-hydrogen) atoms. The van der Waals surface area contributed by atoms with Gasteiger partial charge in [-0.3, -0.25) is 4.90 Å². The molecule has 0 radical (unpaired) electrons. The maximum atomic E-state index is 16.4. The van der Waals surface area contributed by atoms with E-state index in [-0.39, 0.29) is 39.6 Å². The summed E-state index contributed by atoms with van der Waals surface area (Å²) in [6, 6.07) is 6.57. The molecule has 0 aliphatic carbocycles. The van der Waals surface area contributed by atoms with Crippen molar-refractivity contribution >= 4 is 43.4 Å². The summed E-state index contributed by atoms with van der Waals surface area (Å²) in [4.78, 5) is 17.7. The van der Waals surface area contributed by atoms with Crippen LogP contribution in [0.3, 0.4) is 0 Å². The number of aromatic nitrogens is 3. The summed E-state index contributed by atoms with van der Waals surface area (Å²) in [5, 5.41) is 4.36. The first-order valence-electron chi connectivity index (χ1n) is 13.6. The van der Waals surface area contributed by atoms with E-state index in [4.69, 9.17) is 15.5 Å². The van der Waals surface area contributed by atoms with Crippen molar-refractivity contribution in [3.63, 3.8) is 0 Å². The standard InChI is InChI=1S/C28H30F3N7OS/c1-37-11-15(29)9-17(37)13-39-28-35-23-20(26(36-28)38-7-6-14-8-16(12-38)33-10-14)3-2-18(22(23)31)19-4-5-21(30)25-24(19)34-27(32)40-25/h2-5,14-17,33H,6-13H2,1H3,(H2,32,34)/t14?,15-,16?,17+/m1/s1. The third-order valence-corrected chi connectivity index (χ3v) is 9.36. The molecule has 7 rings (SSSR count). The third-order valence-electron chi connectivity index (χ3n) is 8.47. The van der Waals surface area contributed by atoms with Crippen LogP contribution >= 0.6 is 11.3 Å². The van der Waals surface area contributed by atoms with Gasteiger partial charge in [-0.1, -0.05) is 17.4 Å². The Bertz CT molecular complexity index is 1600. The van der Waals surface area contributed by atoms with Gasteiger partial charge in [0.25, 0.3) is 0 Å². The molecule has 2 unspecified atom stereocenters. The van der Waals surface area contributed by atoms with Crippen molar-refractivity contribution in [2.24, 2.45) is 5.92 Å². The van der Waals surface area contributed by atoms with Crippen LogP contribution in [-0.2, 0) is 0 Å². The Hall–Kier alpha value is -3.22. The summed E-state index contributed by atoms with van der Waals surface area (Å²) in [6.45, 7) is 3.12. The lowest BCUT2D eigenvalue weighted by Gasteiger charge is -2.28. The molecule has 3 saturated heterocycles. The fourth-order valence-electron chi connectivity index (χ4n) is 6.38. The minimum atomic E-state index is -0.904. The summed E-state index contributed by atoms with van der Waals surface area (Å²) in [6.07, 6.45) is 1.58. The Labute approximate surface area is 233 Å². The Morgan fingerprint density at radius 1 is 1.07 bits per heavy atom. The van der Waals surface area contributed by atoms with Crippen molar-refractivity contribution in [3.05, 3.63) is 35.9 Å². The average molecular weight is 570 g/mol. The second-order valence-corrected chi connectivity index (χ2v) is 12.2. The molecule has 4 atom stereocenters. The van der Waals surface area contributed by atoms with Crippen LogP contribution in [0.5, 0.6) is 6.01 Å². The second kappa shape index (κ2) is 10.0. The number of likely N-dealkylation sites (N-methyl/N-ethyl adjacent to an activating group) is 1. The number of hydrogen-bond donors (Lipinski definition) is 2. The largest absolute Gasteiger partial charge is 0.462 e. The maximum absolute atomic E-state index is 16.4. The van der Waals surface area contributed by atoms with Crippen molar-refractivity contribution in [1.29, 1.82) is 0 Å². The van der Waals surface area contributed by atoms with Gasteiger partial charge >= 0.3 is 6.01 Å². The lowest BCUT2D eigenvalue weighted by Crippen LogP contribution is -2.39. The van der Waals surface area contributed by atoms with E-state index < -0.39 is 17.8 Å². The molecule has 12 heteroatoms. The van der Waals surface area contributed by atoms with Gasteiger partial charge in [-0.2, -0.15) is 9.97 Å². The summed E-state index contributed by atoms with van der Waals surface area (Å²) in [7, 11) is 1.86. The lowest BCUT2D eigenvalue weighted by atomic mass is 10.0. The number of nitrogens with one attached hydrogen (secondary N) is 1. The summed E-state index contributed by atoms with van der Waals surface area (Å²) >= 11 is 1.03. The van der Waals surface area contributed by atoms with Crippen LogP contribution in [0.2, 0.25) is 0 Å². The highest BCUT2D eigenvalue weighted by molar-refractivity contribution is 7.22. The molecule has 0 saturated carbocycles. The zero-order valence-corrected chi connectivity index (χ0v) is 22.9. The molecule has 5 heterocycles. The Kier molecular flexibility index (Phi) is 6.43. The molecule has 8 nitrogen and oxygen atoms in total. The van der Waals surface area contributed by atoms with E-state index in [1.165, 1.54) is 12.1 Å². The molecule has 3 aliphatic heterocycles. The number of anilines is 2. The number of nitrogen functional groups attached to an aromatic ring is 1. The average Bonchev–Trinajstić information content (AvgIpc) is 3.58. The lowest BCUT2D eigenvalue weighted by molar-refractivity contribution is 0.188. The molecule has 0 amide bonds. The number of fused-ring (bicyclic) bond motifs is 4. The SMILES string of the molecule is CN1C[C@H](F)C[C@H]1COc1nc(N2CCC3CNC(C3)C2)c2ccc(-c3ccc(F)c4sc(N)nc34)c(F)c2n1. The van der Waals surface area contributed by atoms with Crippen molar-refractivity contribution in [3.8, 4) is 17.1 Å². The fraction of sp³-hybridized carbons (Fsp3) is 0.464. The fourth-order valence-corrected chi connectivity index (χ4v) is 7.14. The van der Waals surface area contributed by atoms with Crippen LogP contribution in [-0.4, -0.2) is 77.9 Å². The van der Waals surface area contributed by atoms with Crippen LogP contribution in [0, 0.1) is 17.6 Å². The molecule has 2 bridgehead atoms. The van der Waals surface area contributed by atoms with Gasteiger partial charge in [0.15, 0.2) is 10.9 Å². The van der Waals surface area contributed by atoms with Gasteiger partial charge in [-0.05, 0) is 57.0 Å².